The van der Waals surface area contributed by atoms with E-state index in [1.165, 1.54) is 0 Å². The zero-order valence-corrected chi connectivity index (χ0v) is 21.6. The standard InChI is InChI=1S/C24H34N6O7S/c25-8-4-3-7-17(22(34)29-18(24(36)37)10-20(31)32)28-23(35)19(12-38)30-21(33)15(26)9-13-11-27-16-6-2-1-5-14(13)16/h1-2,5-6,11,15,17-19,27,38H,3-4,7-10,12,25-26H2,(H,28,35)(H,29,34)(H,30,33)(H,31,32)(H,36,37). The van der Waals surface area contributed by atoms with Crippen molar-refractivity contribution in [2.75, 3.05) is 12.3 Å². The van der Waals surface area contributed by atoms with Crippen molar-refractivity contribution in [1.29, 1.82) is 0 Å². The number of nitrogens with two attached hydrogens (primary N) is 2. The number of para-hydroxylation sites is 1. The van der Waals surface area contributed by atoms with Gasteiger partial charge in [-0.2, -0.15) is 12.6 Å². The second-order valence-corrected chi connectivity index (χ2v) is 9.12. The molecule has 0 spiro atoms. The summed E-state index contributed by atoms with van der Waals surface area (Å²) >= 11 is 4.13. The average Bonchev–Trinajstić information content (AvgIpc) is 3.28. The normalized spacial score (nSPS) is 14.2. The lowest BCUT2D eigenvalue weighted by Crippen LogP contribution is -2.58. The smallest absolute Gasteiger partial charge is 0.326 e. The quantitative estimate of drug-likeness (QED) is 0.0931. The highest BCUT2D eigenvalue weighted by molar-refractivity contribution is 7.80. The molecule has 208 valence electrons. The van der Waals surface area contributed by atoms with E-state index in [4.69, 9.17) is 16.6 Å². The summed E-state index contributed by atoms with van der Waals surface area (Å²) in [5, 5.41) is 26.2. The number of fused-ring (bicyclic) bond motifs is 1. The summed E-state index contributed by atoms with van der Waals surface area (Å²) < 4.78 is 0. The second-order valence-electron chi connectivity index (χ2n) is 8.76. The molecule has 1 aromatic carbocycles. The third-order valence-corrected chi connectivity index (χ3v) is 6.21. The Morgan fingerprint density at radius 2 is 1.55 bits per heavy atom. The number of H-pyrrole nitrogens is 1. The van der Waals surface area contributed by atoms with Crippen LogP contribution in [0.3, 0.4) is 0 Å². The number of aromatic amines is 1. The fraction of sp³-hybridized carbons (Fsp3) is 0.458. The number of carboxylic acid groups (broad SMARTS) is 2. The third-order valence-electron chi connectivity index (χ3n) is 5.84. The van der Waals surface area contributed by atoms with Crippen molar-refractivity contribution in [3.63, 3.8) is 0 Å². The van der Waals surface area contributed by atoms with Crippen LogP contribution in [-0.2, 0) is 30.4 Å². The van der Waals surface area contributed by atoms with E-state index < -0.39 is 60.2 Å². The molecule has 13 nitrogen and oxygen atoms in total. The number of rotatable bonds is 16. The molecule has 14 heteroatoms. The fourth-order valence-electron chi connectivity index (χ4n) is 3.78. The Bertz CT molecular complexity index is 1140. The van der Waals surface area contributed by atoms with E-state index >= 15 is 0 Å². The Morgan fingerprint density at radius 1 is 0.921 bits per heavy atom. The van der Waals surface area contributed by atoms with Gasteiger partial charge in [-0.05, 0) is 43.9 Å². The molecule has 4 atom stereocenters. The maximum atomic E-state index is 12.9. The van der Waals surface area contributed by atoms with Gasteiger partial charge < -0.3 is 42.6 Å². The van der Waals surface area contributed by atoms with Crippen LogP contribution in [0.1, 0.15) is 31.2 Å². The van der Waals surface area contributed by atoms with Crippen molar-refractivity contribution in [1.82, 2.24) is 20.9 Å². The minimum absolute atomic E-state index is 0.106. The number of hydrogen-bond acceptors (Lipinski definition) is 8. The number of aromatic nitrogens is 1. The molecule has 0 saturated carbocycles. The third kappa shape index (κ3) is 9.04. The number of thiol groups is 1. The number of carbonyl (C=O) groups excluding carboxylic acids is 3. The van der Waals surface area contributed by atoms with Gasteiger partial charge in [0.1, 0.15) is 18.1 Å². The van der Waals surface area contributed by atoms with E-state index in [9.17, 15) is 29.1 Å². The Morgan fingerprint density at radius 3 is 2.18 bits per heavy atom. The summed E-state index contributed by atoms with van der Waals surface area (Å²) in [4.78, 5) is 63.8. The van der Waals surface area contributed by atoms with Crippen LogP contribution >= 0.6 is 12.6 Å². The highest BCUT2D eigenvalue weighted by atomic mass is 32.1. The van der Waals surface area contributed by atoms with Gasteiger partial charge in [0.25, 0.3) is 0 Å². The lowest BCUT2D eigenvalue weighted by Gasteiger charge is -2.24. The number of aliphatic carboxylic acids is 2. The van der Waals surface area contributed by atoms with Crippen LogP contribution < -0.4 is 27.4 Å². The monoisotopic (exact) mass is 550 g/mol. The highest BCUT2D eigenvalue weighted by Crippen LogP contribution is 2.18. The largest absolute Gasteiger partial charge is 0.481 e. The maximum Gasteiger partial charge on any atom is 0.326 e. The first-order valence-corrected chi connectivity index (χ1v) is 12.7. The molecule has 2 aromatic rings. The molecule has 0 bridgehead atoms. The van der Waals surface area contributed by atoms with Gasteiger partial charge >= 0.3 is 11.9 Å². The number of benzene rings is 1. The van der Waals surface area contributed by atoms with Gasteiger partial charge in [0.15, 0.2) is 0 Å². The summed E-state index contributed by atoms with van der Waals surface area (Å²) in [6.45, 7) is 0.336. The minimum atomic E-state index is -1.68. The van der Waals surface area contributed by atoms with Crippen LogP contribution in [0, 0.1) is 0 Å². The number of carboxylic acids is 2. The lowest BCUT2D eigenvalue weighted by atomic mass is 10.0. The molecule has 0 fully saturated rings. The van der Waals surface area contributed by atoms with Gasteiger partial charge in [0.2, 0.25) is 17.7 Å². The van der Waals surface area contributed by atoms with Gasteiger partial charge in [-0.3, -0.25) is 19.2 Å². The van der Waals surface area contributed by atoms with Crippen LogP contribution in [0.15, 0.2) is 30.5 Å². The van der Waals surface area contributed by atoms with E-state index in [0.717, 1.165) is 16.5 Å². The SMILES string of the molecule is NCCCCC(NC(=O)C(CS)NC(=O)C(N)Cc1c[nH]c2ccccc12)C(=O)NC(CC(=O)O)C(=O)O. The predicted octanol–water partition coefficient (Wildman–Crippen LogP) is -0.890. The molecule has 0 saturated heterocycles. The first kappa shape index (κ1) is 30.6. The summed E-state index contributed by atoms with van der Waals surface area (Å²) in [5.74, 6) is -5.25. The molecule has 2 rings (SSSR count). The zero-order valence-electron chi connectivity index (χ0n) is 20.7. The van der Waals surface area contributed by atoms with Gasteiger partial charge in [-0.1, -0.05) is 18.2 Å². The summed E-state index contributed by atoms with van der Waals surface area (Å²) in [7, 11) is 0. The summed E-state index contributed by atoms with van der Waals surface area (Å²) in [6.07, 6.45) is 2.21. The van der Waals surface area contributed by atoms with Crippen LogP contribution in [0.5, 0.6) is 0 Å². The van der Waals surface area contributed by atoms with Crippen molar-refractivity contribution in [2.24, 2.45) is 11.5 Å². The van der Waals surface area contributed by atoms with Crippen LogP contribution in [0.4, 0.5) is 0 Å². The number of carbonyl (C=O) groups is 5. The second kappa shape index (κ2) is 15.0. The summed E-state index contributed by atoms with van der Waals surface area (Å²) in [5.41, 5.74) is 13.3. The number of unbranched alkanes of at least 4 members (excludes halogenated alkanes) is 1. The molecule has 1 aromatic heterocycles. The average molecular weight is 551 g/mol. The van der Waals surface area contributed by atoms with Crippen molar-refractivity contribution in [3.8, 4) is 0 Å². The molecule has 3 amide bonds. The molecule has 4 unspecified atom stereocenters. The van der Waals surface area contributed by atoms with E-state index in [2.05, 4.69) is 33.6 Å². The van der Waals surface area contributed by atoms with E-state index in [-0.39, 0.29) is 18.6 Å². The zero-order chi connectivity index (χ0) is 28.2. The molecule has 38 heavy (non-hydrogen) atoms. The Kier molecular flexibility index (Phi) is 12.0. The molecule has 0 aliphatic heterocycles. The lowest BCUT2D eigenvalue weighted by molar-refractivity contribution is -0.147. The molecule has 1 heterocycles. The molecular weight excluding hydrogens is 516 g/mol. The van der Waals surface area contributed by atoms with Crippen molar-refractivity contribution in [2.45, 2.75) is 56.3 Å². The number of nitrogens with one attached hydrogen (secondary N) is 4. The van der Waals surface area contributed by atoms with Crippen LogP contribution in [0.25, 0.3) is 10.9 Å². The molecular formula is C24H34N6O7S. The minimum Gasteiger partial charge on any atom is -0.481 e. The van der Waals surface area contributed by atoms with E-state index in [0.29, 0.717) is 19.4 Å². The van der Waals surface area contributed by atoms with Gasteiger partial charge in [0, 0.05) is 22.9 Å². The van der Waals surface area contributed by atoms with Crippen molar-refractivity contribution >= 4 is 53.2 Å². The molecule has 0 aliphatic rings. The fourth-order valence-corrected chi connectivity index (χ4v) is 4.04. The molecule has 0 aliphatic carbocycles. The highest BCUT2D eigenvalue weighted by Gasteiger charge is 2.30. The van der Waals surface area contributed by atoms with E-state index in [1.807, 2.05) is 24.3 Å². The Hall–Kier alpha value is -3.62. The summed E-state index contributed by atoms with van der Waals surface area (Å²) in [6, 6.07) is 2.55. The van der Waals surface area contributed by atoms with Crippen LogP contribution in [-0.4, -0.2) is 81.3 Å². The Balaban J connectivity index is 2.05. The van der Waals surface area contributed by atoms with Gasteiger partial charge in [-0.25, -0.2) is 4.79 Å². The Labute approximate surface area is 224 Å². The van der Waals surface area contributed by atoms with Gasteiger partial charge in [-0.15, -0.1) is 0 Å². The number of amides is 3. The first-order chi connectivity index (χ1) is 18.1. The van der Waals surface area contributed by atoms with Crippen molar-refractivity contribution in [3.05, 3.63) is 36.0 Å². The molecule has 0 radical (unpaired) electrons. The van der Waals surface area contributed by atoms with Crippen molar-refractivity contribution < 1.29 is 34.2 Å². The maximum absolute atomic E-state index is 12.9. The molecule has 10 N–H and O–H groups in total. The predicted molar refractivity (Wildman–Crippen MR) is 142 cm³/mol. The first-order valence-electron chi connectivity index (χ1n) is 12.0. The van der Waals surface area contributed by atoms with Gasteiger partial charge in [0.05, 0.1) is 12.5 Å². The van der Waals surface area contributed by atoms with Crippen LogP contribution in [0.2, 0.25) is 0 Å². The van der Waals surface area contributed by atoms with E-state index in [1.54, 1.807) is 6.20 Å². The topological polar surface area (TPSA) is 230 Å². The number of hydrogen-bond donors (Lipinski definition) is 9.